The number of aromatic nitrogens is 3. The standard InChI is InChI=1S/C18H15N7O3/c19-12-13-4-5-20-15(11-13)22-7-9-23(10-8-22)17-16(25(27)28)18(26)24-6-2-1-3-14(24)21-17/h1-6,11H,7-10H2. The highest BCUT2D eigenvalue weighted by Gasteiger charge is 2.30. The Morgan fingerprint density at radius 1 is 1.14 bits per heavy atom. The van der Waals surface area contributed by atoms with Crippen LogP contribution in [0.2, 0.25) is 0 Å². The van der Waals surface area contributed by atoms with Gasteiger partial charge in [-0.05, 0) is 24.3 Å². The minimum Gasteiger partial charge on any atom is -0.353 e. The minimum absolute atomic E-state index is 0.0829. The Bertz CT molecular complexity index is 1160. The van der Waals surface area contributed by atoms with Gasteiger partial charge in [-0.3, -0.25) is 19.3 Å². The predicted molar refractivity (Wildman–Crippen MR) is 101 cm³/mol. The molecule has 1 fully saturated rings. The van der Waals surface area contributed by atoms with Gasteiger partial charge in [0, 0.05) is 38.6 Å². The van der Waals surface area contributed by atoms with Gasteiger partial charge in [0.2, 0.25) is 5.82 Å². The summed E-state index contributed by atoms with van der Waals surface area (Å²) in [6, 6.07) is 10.4. The van der Waals surface area contributed by atoms with Crippen molar-refractivity contribution in [3.05, 3.63) is 68.8 Å². The van der Waals surface area contributed by atoms with Crippen molar-refractivity contribution in [3.8, 4) is 6.07 Å². The summed E-state index contributed by atoms with van der Waals surface area (Å²) < 4.78 is 1.18. The van der Waals surface area contributed by atoms with Crippen LogP contribution in [0.25, 0.3) is 5.65 Å². The van der Waals surface area contributed by atoms with E-state index in [9.17, 15) is 14.9 Å². The first-order valence-corrected chi connectivity index (χ1v) is 8.60. The summed E-state index contributed by atoms with van der Waals surface area (Å²) in [5.41, 5.74) is -0.343. The van der Waals surface area contributed by atoms with Crippen molar-refractivity contribution in [2.75, 3.05) is 36.0 Å². The molecule has 10 heteroatoms. The van der Waals surface area contributed by atoms with Crippen LogP contribution in [0.5, 0.6) is 0 Å². The third-order valence-corrected chi connectivity index (χ3v) is 4.65. The Morgan fingerprint density at radius 2 is 1.89 bits per heavy atom. The van der Waals surface area contributed by atoms with Gasteiger partial charge in [0.1, 0.15) is 11.5 Å². The summed E-state index contributed by atoms with van der Waals surface area (Å²) in [5, 5.41) is 20.6. The molecule has 0 spiro atoms. The van der Waals surface area contributed by atoms with E-state index in [1.165, 1.54) is 10.6 Å². The largest absolute Gasteiger partial charge is 0.376 e. The van der Waals surface area contributed by atoms with Gasteiger partial charge in [-0.2, -0.15) is 5.26 Å². The average Bonchev–Trinajstić information content (AvgIpc) is 2.73. The van der Waals surface area contributed by atoms with Crippen LogP contribution in [-0.4, -0.2) is 45.5 Å². The van der Waals surface area contributed by atoms with E-state index >= 15 is 0 Å². The zero-order valence-corrected chi connectivity index (χ0v) is 14.7. The number of hydrogen-bond donors (Lipinski definition) is 0. The van der Waals surface area contributed by atoms with Crippen molar-refractivity contribution in [2.24, 2.45) is 0 Å². The van der Waals surface area contributed by atoms with E-state index < -0.39 is 16.2 Å². The molecule has 0 atom stereocenters. The van der Waals surface area contributed by atoms with Crippen LogP contribution >= 0.6 is 0 Å². The molecule has 0 amide bonds. The summed E-state index contributed by atoms with van der Waals surface area (Å²) in [5.74, 6) is 0.763. The zero-order chi connectivity index (χ0) is 19.7. The van der Waals surface area contributed by atoms with Crippen LogP contribution in [0.15, 0.2) is 47.5 Å². The van der Waals surface area contributed by atoms with Gasteiger partial charge in [-0.25, -0.2) is 9.97 Å². The second-order valence-electron chi connectivity index (χ2n) is 6.26. The van der Waals surface area contributed by atoms with E-state index in [1.54, 1.807) is 41.4 Å². The van der Waals surface area contributed by atoms with Crippen molar-refractivity contribution in [3.63, 3.8) is 0 Å². The minimum atomic E-state index is -0.698. The molecule has 28 heavy (non-hydrogen) atoms. The zero-order valence-electron chi connectivity index (χ0n) is 14.7. The van der Waals surface area contributed by atoms with Crippen molar-refractivity contribution in [1.82, 2.24) is 14.4 Å². The van der Waals surface area contributed by atoms with Gasteiger partial charge in [0.15, 0.2) is 0 Å². The lowest BCUT2D eigenvalue weighted by Gasteiger charge is -2.35. The molecule has 4 rings (SSSR count). The van der Waals surface area contributed by atoms with E-state index in [4.69, 9.17) is 5.26 Å². The Labute approximate surface area is 159 Å². The van der Waals surface area contributed by atoms with Crippen LogP contribution in [0, 0.1) is 21.4 Å². The van der Waals surface area contributed by atoms with Crippen molar-refractivity contribution in [2.45, 2.75) is 0 Å². The fourth-order valence-corrected chi connectivity index (χ4v) is 3.26. The molecule has 3 aromatic rings. The smallest absolute Gasteiger partial charge is 0.353 e. The molecule has 1 saturated heterocycles. The fraction of sp³-hybridized carbons (Fsp3) is 0.222. The highest BCUT2D eigenvalue weighted by molar-refractivity contribution is 5.62. The lowest BCUT2D eigenvalue weighted by atomic mass is 10.2. The summed E-state index contributed by atoms with van der Waals surface area (Å²) in [6.07, 6.45) is 3.05. The van der Waals surface area contributed by atoms with Crippen molar-refractivity contribution >= 4 is 23.0 Å². The number of pyridine rings is 2. The van der Waals surface area contributed by atoms with Gasteiger partial charge in [-0.1, -0.05) is 6.07 Å². The van der Waals surface area contributed by atoms with Gasteiger partial charge >= 0.3 is 11.2 Å². The Hall–Kier alpha value is -4.00. The second-order valence-corrected chi connectivity index (χ2v) is 6.26. The molecule has 0 aromatic carbocycles. The molecule has 0 aliphatic carbocycles. The number of piperazine rings is 1. The molecule has 3 aromatic heterocycles. The number of nitro groups is 1. The predicted octanol–water partition coefficient (Wildman–Crippen LogP) is 1.20. The van der Waals surface area contributed by atoms with Gasteiger partial charge < -0.3 is 9.80 Å². The average molecular weight is 377 g/mol. The third kappa shape index (κ3) is 2.99. The Balaban J connectivity index is 1.65. The van der Waals surface area contributed by atoms with E-state index in [1.807, 2.05) is 4.90 Å². The molecule has 10 nitrogen and oxygen atoms in total. The quantitative estimate of drug-likeness (QED) is 0.493. The van der Waals surface area contributed by atoms with Crippen molar-refractivity contribution in [1.29, 1.82) is 5.26 Å². The first kappa shape index (κ1) is 17.4. The maximum atomic E-state index is 12.6. The van der Waals surface area contributed by atoms with Gasteiger partial charge in [0.25, 0.3) is 0 Å². The molecule has 140 valence electrons. The van der Waals surface area contributed by atoms with Gasteiger partial charge in [0.05, 0.1) is 16.6 Å². The highest BCUT2D eigenvalue weighted by Crippen LogP contribution is 2.25. The van der Waals surface area contributed by atoms with E-state index in [0.29, 0.717) is 43.2 Å². The number of rotatable bonds is 3. The topological polar surface area (TPSA) is 121 Å². The summed E-state index contributed by atoms with van der Waals surface area (Å²) in [4.78, 5) is 35.9. The molecule has 0 unspecified atom stereocenters. The molecular formula is C18H15N7O3. The first-order valence-electron chi connectivity index (χ1n) is 8.60. The SMILES string of the molecule is N#Cc1ccnc(N2CCN(c3nc4ccccn4c(=O)c3[N+](=O)[O-])CC2)c1. The van der Waals surface area contributed by atoms with Gasteiger partial charge in [-0.15, -0.1) is 0 Å². The van der Waals surface area contributed by atoms with Crippen LogP contribution in [0.4, 0.5) is 17.3 Å². The Morgan fingerprint density at radius 3 is 2.61 bits per heavy atom. The van der Waals surface area contributed by atoms with E-state index in [0.717, 1.165) is 0 Å². The Kier molecular flexibility index (Phi) is 4.33. The molecule has 0 radical (unpaired) electrons. The molecular weight excluding hydrogens is 362 g/mol. The number of anilines is 2. The van der Waals surface area contributed by atoms with E-state index in [-0.39, 0.29) is 5.82 Å². The second kappa shape index (κ2) is 6.96. The lowest BCUT2D eigenvalue weighted by Crippen LogP contribution is -2.47. The number of nitriles is 1. The van der Waals surface area contributed by atoms with Crippen LogP contribution < -0.4 is 15.4 Å². The maximum Gasteiger partial charge on any atom is 0.376 e. The highest BCUT2D eigenvalue weighted by atomic mass is 16.6. The summed E-state index contributed by atoms with van der Waals surface area (Å²) in [7, 11) is 0. The lowest BCUT2D eigenvalue weighted by molar-refractivity contribution is -0.385. The molecule has 1 aliphatic rings. The molecule has 1 aliphatic heterocycles. The summed E-state index contributed by atoms with van der Waals surface area (Å²) in [6.45, 7) is 1.95. The summed E-state index contributed by atoms with van der Waals surface area (Å²) >= 11 is 0. The third-order valence-electron chi connectivity index (χ3n) is 4.65. The molecule has 4 heterocycles. The number of hydrogen-bond acceptors (Lipinski definition) is 8. The van der Waals surface area contributed by atoms with Crippen molar-refractivity contribution < 1.29 is 4.92 Å². The maximum absolute atomic E-state index is 12.6. The van der Waals surface area contributed by atoms with Crippen LogP contribution in [0.1, 0.15) is 5.56 Å². The van der Waals surface area contributed by atoms with Crippen LogP contribution in [-0.2, 0) is 0 Å². The normalized spacial score (nSPS) is 14.1. The van der Waals surface area contributed by atoms with Crippen LogP contribution in [0.3, 0.4) is 0 Å². The monoisotopic (exact) mass is 377 g/mol. The number of nitrogens with zero attached hydrogens (tertiary/aromatic N) is 7. The van der Waals surface area contributed by atoms with E-state index in [2.05, 4.69) is 16.0 Å². The first-order chi connectivity index (χ1) is 13.6. The number of fused-ring (bicyclic) bond motifs is 1. The fourth-order valence-electron chi connectivity index (χ4n) is 3.26. The molecule has 0 saturated carbocycles. The molecule has 0 bridgehead atoms. The molecule has 0 N–H and O–H groups in total.